The number of phosphoric acid groups is 1. The van der Waals surface area contributed by atoms with Crippen LogP contribution in [-0.4, -0.2) is 24.9 Å². The van der Waals surface area contributed by atoms with E-state index in [1.54, 1.807) is 0 Å². The summed E-state index contributed by atoms with van der Waals surface area (Å²) < 4.78 is 8.88. The fourth-order valence-electron chi connectivity index (χ4n) is 0.554. The van der Waals surface area contributed by atoms with E-state index in [1.807, 2.05) is 19.9 Å². The van der Waals surface area contributed by atoms with E-state index in [-0.39, 0.29) is 0 Å². The largest absolute Gasteiger partial charge is 0.466 e. The highest BCUT2D eigenvalue weighted by molar-refractivity contribution is 7.45. The fraction of sp³-hybridized carbons (Fsp3) is 0.400. The molecule has 0 saturated heterocycles. The van der Waals surface area contributed by atoms with Crippen molar-refractivity contribution in [1.29, 1.82) is 0 Å². The molecule has 0 unspecified atom stereocenters. The van der Waals surface area contributed by atoms with Gasteiger partial charge in [0, 0.05) is 5.69 Å². The summed E-state index contributed by atoms with van der Waals surface area (Å²) in [6.45, 7) is 3.95. The van der Waals surface area contributed by atoms with Gasteiger partial charge in [0.05, 0.1) is 5.69 Å². The van der Waals surface area contributed by atoms with E-state index in [1.165, 1.54) is 0 Å². The van der Waals surface area contributed by atoms with E-state index in [9.17, 15) is 0 Å². The Labute approximate surface area is 69.5 Å². The number of hydrogen-bond donors (Lipinski definition) is 4. The second-order valence-electron chi connectivity index (χ2n) is 2.21. The first-order valence-electron chi connectivity index (χ1n) is 3.06. The molecule has 1 aromatic rings. The number of aromatic amines is 1. The maximum atomic E-state index is 8.88. The Balaban J connectivity index is 0.000000217. The average molecular weight is 194 g/mol. The van der Waals surface area contributed by atoms with Crippen LogP contribution in [0.3, 0.4) is 0 Å². The Morgan fingerprint density at radius 1 is 1.42 bits per heavy atom. The van der Waals surface area contributed by atoms with Crippen molar-refractivity contribution in [3.05, 3.63) is 17.5 Å². The van der Waals surface area contributed by atoms with Crippen LogP contribution in [0.25, 0.3) is 0 Å². The highest BCUT2D eigenvalue weighted by Crippen LogP contribution is 2.25. The number of hydrogen-bond acceptors (Lipinski definition) is 2. The summed E-state index contributed by atoms with van der Waals surface area (Å²) in [6, 6.07) is 2.00. The molecule has 12 heavy (non-hydrogen) atoms. The lowest BCUT2D eigenvalue weighted by molar-refractivity contribution is 0.275. The number of aromatic nitrogens is 2. The molecule has 1 heterocycles. The van der Waals surface area contributed by atoms with Crippen molar-refractivity contribution in [2.75, 3.05) is 0 Å². The van der Waals surface area contributed by atoms with Gasteiger partial charge in [-0.15, -0.1) is 0 Å². The Hall–Kier alpha value is -0.680. The lowest BCUT2D eigenvalue weighted by Gasteiger charge is -1.82. The summed E-state index contributed by atoms with van der Waals surface area (Å²) in [5.74, 6) is 0. The summed E-state index contributed by atoms with van der Waals surface area (Å²) >= 11 is 0. The Morgan fingerprint density at radius 2 is 1.83 bits per heavy atom. The highest BCUT2D eigenvalue weighted by Gasteiger charge is 2.00. The molecule has 0 amide bonds. The smallest absolute Gasteiger partial charge is 0.303 e. The minimum atomic E-state index is -4.64. The van der Waals surface area contributed by atoms with Gasteiger partial charge in [-0.25, -0.2) is 4.57 Å². The zero-order chi connectivity index (χ0) is 9.78. The van der Waals surface area contributed by atoms with Crippen LogP contribution in [0.2, 0.25) is 0 Å². The third kappa shape index (κ3) is 9.32. The van der Waals surface area contributed by atoms with Gasteiger partial charge < -0.3 is 14.7 Å². The highest BCUT2D eigenvalue weighted by atomic mass is 31.2. The van der Waals surface area contributed by atoms with Gasteiger partial charge in [-0.2, -0.15) is 5.10 Å². The van der Waals surface area contributed by atoms with Crippen LogP contribution in [0, 0.1) is 13.8 Å². The Bertz CT molecular complexity index is 254. The maximum absolute atomic E-state index is 8.88. The molecule has 0 aliphatic carbocycles. The van der Waals surface area contributed by atoms with Crippen LogP contribution in [0.4, 0.5) is 0 Å². The lowest BCUT2D eigenvalue weighted by Crippen LogP contribution is -1.68. The second-order valence-corrected chi connectivity index (χ2v) is 3.23. The maximum Gasteiger partial charge on any atom is 0.466 e. The van der Waals surface area contributed by atoms with Crippen LogP contribution in [0.15, 0.2) is 6.07 Å². The molecule has 7 heteroatoms. The van der Waals surface area contributed by atoms with E-state index in [4.69, 9.17) is 19.2 Å². The van der Waals surface area contributed by atoms with Crippen molar-refractivity contribution in [2.24, 2.45) is 0 Å². The second kappa shape index (κ2) is 4.37. The molecule has 0 fully saturated rings. The van der Waals surface area contributed by atoms with Gasteiger partial charge in [-0.1, -0.05) is 0 Å². The quantitative estimate of drug-likeness (QED) is 0.438. The first kappa shape index (κ1) is 11.3. The van der Waals surface area contributed by atoms with Crippen molar-refractivity contribution >= 4 is 7.82 Å². The van der Waals surface area contributed by atoms with Crippen LogP contribution < -0.4 is 0 Å². The van der Waals surface area contributed by atoms with Crippen molar-refractivity contribution < 1.29 is 19.2 Å². The molecule has 0 aliphatic rings. The predicted octanol–water partition coefficient (Wildman–Crippen LogP) is 0.0979. The molecule has 0 aromatic carbocycles. The molecule has 70 valence electrons. The summed E-state index contributed by atoms with van der Waals surface area (Å²) in [6.07, 6.45) is 0. The summed E-state index contributed by atoms with van der Waals surface area (Å²) in [4.78, 5) is 21.6. The summed E-state index contributed by atoms with van der Waals surface area (Å²) in [7, 11) is -4.64. The molecule has 0 saturated carbocycles. The molecule has 1 rings (SSSR count). The topological polar surface area (TPSA) is 106 Å². The van der Waals surface area contributed by atoms with Gasteiger partial charge in [0.1, 0.15) is 0 Å². The zero-order valence-corrected chi connectivity index (χ0v) is 7.62. The van der Waals surface area contributed by atoms with Gasteiger partial charge >= 0.3 is 7.82 Å². The van der Waals surface area contributed by atoms with Gasteiger partial charge in [-0.3, -0.25) is 5.10 Å². The number of aryl methyl sites for hydroxylation is 2. The normalized spacial score (nSPS) is 10.4. The van der Waals surface area contributed by atoms with Crippen molar-refractivity contribution in [3.63, 3.8) is 0 Å². The van der Waals surface area contributed by atoms with E-state index in [2.05, 4.69) is 10.2 Å². The van der Waals surface area contributed by atoms with Gasteiger partial charge in [-0.05, 0) is 19.9 Å². The lowest BCUT2D eigenvalue weighted by atomic mass is 10.4. The number of rotatable bonds is 0. The first-order valence-corrected chi connectivity index (χ1v) is 4.62. The van der Waals surface area contributed by atoms with Crippen LogP contribution >= 0.6 is 7.82 Å². The fourth-order valence-corrected chi connectivity index (χ4v) is 0.554. The molecule has 4 N–H and O–H groups in total. The Kier molecular flexibility index (Phi) is 4.12. The summed E-state index contributed by atoms with van der Waals surface area (Å²) in [5, 5.41) is 6.71. The third-order valence-electron chi connectivity index (χ3n) is 0.834. The Morgan fingerprint density at radius 3 is 1.92 bits per heavy atom. The van der Waals surface area contributed by atoms with E-state index >= 15 is 0 Å². The third-order valence-corrected chi connectivity index (χ3v) is 0.834. The van der Waals surface area contributed by atoms with Gasteiger partial charge in [0.15, 0.2) is 0 Å². The molecule has 1 aromatic heterocycles. The van der Waals surface area contributed by atoms with Crippen molar-refractivity contribution in [1.82, 2.24) is 10.2 Å². The molecule has 0 aliphatic heterocycles. The van der Waals surface area contributed by atoms with Crippen LogP contribution in [0.1, 0.15) is 11.4 Å². The number of nitrogens with zero attached hydrogens (tertiary/aromatic N) is 1. The number of H-pyrrole nitrogens is 1. The molecule has 0 spiro atoms. The van der Waals surface area contributed by atoms with E-state index < -0.39 is 7.82 Å². The van der Waals surface area contributed by atoms with Crippen LogP contribution in [0.5, 0.6) is 0 Å². The first-order chi connectivity index (χ1) is 5.29. The standard InChI is InChI=1S/C5H8N2.H3O4P/c1-4-3-5(2)7-6-4;1-5(2,3)4/h3H,1-2H3,(H,6,7);(H3,1,2,3,4). The van der Waals surface area contributed by atoms with Gasteiger partial charge in [0.2, 0.25) is 0 Å². The number of nitrogens with one attached hydrogen (secondary N) is 1. The van der Waals surface area contributed by atoms with Gasteiger partial charge in [0.25, 0.3) is 0 Å². The SMILES string of the molecule is Cc1cc(C)[nH]n1.O=P(O)(O)O. The molecule has 0 atom stereocenters. The van der Waals surface area contributed by atoms with Crippen LogP contribution in [-0.2, 0) is 4.57 Å². The monoisotopic (exact) mass is 194 g/mol. The molecule has 0 radical (unpaired) electrons. The molecule has 6 nitrogen and oxygen atoms in total. The minimum absolute atomic E-state index is 1.05. The zero-order valence-electron chi connectivity index (χ0n) is 6.72. The minimum Gasteiger partial charge on any atom is -0.303 e. The van der Waals surface area contributed by atoms with E-state index in [0.717, 1.165) is 11.4 Å². The summed E-state index contributed by atoms with van der Waals surface area (Å²) in [5.41, 5.74) is 2.18. The van der Waals surface area contributed by atoms with E-state index in [0.29, 0.717) is 0 Å². The molecule has 0 bridgehead atoms. The molecular formula is C5H11N2O4P. The average Bonchev–Trinajstić information content (AvgIpc) is 2.09. The molecular weight excluding hydrogens is 183 g/mol. The van der Waals surface area contributed by atoms with Crippen molar-refractivity contribution in [3.8, 4) is 0 Å². The van der Waals surface area contributed by atoms with Crippen molar-refractivity contribution in [2.45, 2.75) is 13.8 Å². The predicted molar refractivity (Wildman–Crippen MR) is 42.3 cm³/mol.